The molecule has 0 bridgehead atoms. The third kappa shape index (κ3) is 4.65. The third-order valence-electron chi connectivity index (χ3n) is 7.85. The number of anilines is 3. The normalized spacial score (nSPS) is 14.5. The van der Waals surface area contributed by atoms with Gasteiger partial charge >= 0.3 is 7.12 Å². The van der Waals surface area contributed by atoms with E-state index in [1.807, 2.05) is 48.5 Å². The van der Waals surface area contributed by atoms with Crippen LogP contribution in [-0.2, 0) is 0 Å². The van der Waals surface area contributed by atoms with Gasteiger partial charge in [0.2, 0.25) is 0 Å². The van der Waals surface area contributed by atoms with Gasteiger partial charge in [-0.15, -0.1) is 0 Å². The fraction of sp³-hybridized carbons (Fsp3) is 0.0556. The molecule has 7 rings (SSSR count). The molecule has 1 heterocycles. The highest BCUT2D eigenvalue weighted by atomic mass is 16.4. The molecule has 1 aliphatic carbocycles. The van der Waals surface area contributed by atoms with Crippen LogP contribution < -0.4 is 10.4 Å². The summed E-state index contributed by atoms with van der Waals surface area (Å²) in [6, 6.07) is 39.2. The Hall–Kier alpha value is -4.84. The number of hydrogen-bond acceptors (Lipinski definition) is 4. The molecule has 1 atom stereocenters. The summed E-state index contributed by atoms with van der Waals surface area (Å²) in [7, 11) is -1.62. The smallest absolute Gasteiger partial charge is 0.454 e. The summed E-state index contributed by atoms with van der Waals surface area (Å²) in [6.45, 7) is 0. The maximum atomic E-state index is 10.0. The van der Waals surface area contributed by atoms with Gasteiger partial charge in [-0.25, -0.2) is 0 Å². The molecular weight excluding hydrogens is 505 g/mol. The van der Waals surface area contributed by atoms with E-state index in [1.54, 1.807) is 6.07 Å². The van der Waals surface area contributed by atoms with Crippen molar-refractivity contribution in [2.45, 2.75) is 12.3 Å². The molecule has 0 radical (unpaired) electrons. The number of rotatable bonds is 6. The molecule has 1 aromatic heterocycles. The fourth-order valence-electron chi connectivity index (χ4n) is 5.77. The third-order valence-corrected chi connectivity index (χ3v) is 7.85. The van der Waals surface area contributed by atoms with Crippen molar-refractivity contribution in [2.24, 2.45) is 0 Å². The Labute approximate surface area is 239 Å². The summed E-state index contributed by atoms with van der Waals surface area (Å²) in [4.78, 5) is 2.20. The van der Waals surface area contributed by atoms with Gasteiger partial charge in [0.1, 0.15) is 5.58 Å². The zero-order chi connectivity index (χ0) is 27.8. The van der Waals surface area contributed by atoms with E-state index < -0.39 is 7.12 Å². The van der Waals surface area contributed by atoms with Gasteiger partial charge in [0.05, 0.1) is 5.69 Å². The van der Waals surface area contributed by atoms with E-state index >= 15 is 0 Å². The zero-order valence-electron chi connectivity index (χ0n) is 22.4. The van der Waals surface area contributed by atoms with Crippen molar-refractivity contribution in [3.05, 3.63) is 145 Å². The molecule has 0 spiro atoms. The molecule has 1 aliphatic rings. The van der Waals surface area contributed by atoms with Crippen molar-refractivity contribution in [3.63, 3.8) is 0 Å². The quantitative estimate of drug-likeness (QED) is 0.213. The summed E-state index contributed by atoms with van der Waals surface area (Å²) < 4.78 is 6.43. The Bertz CT molecular complexity index is 1890. The second-order valence-electron chi connectivity index (χ2n) is 10.3. The zero-order valence-corrected chi connectivity index (χ0v) is 22.4. The summed E-state index contributed by atoms with van der Waals surface area (Å²) in [5.41, 5.74) is 7.98. The predicted molar refractivity (Wildman–Crippen MR) is 169 cm³/mol. The van der Waals surface area contributed by atoms with Crippen molar-refractivity contribution in [1.29, 1.82) is 0 Å². The van der Waals surface area contributed by atoms with Gasteiger partial charge in [0, 0.05) is 33.5 Å². The van der Waals surface area contributed by atoms with E-state index in [4.69, 9.17) is 4.42 Å². The lowest BCUT2D eigenvalue weighted by molar-refractivity contribution is 0.425. The van der Waals surface area contributed by atoms with Crippen LogP contribution in [0.25, 0.3) is 33.1 Å². The van der Waals surface area contributed by atoms with E-state index in [1.165, 1.54) is 11.1 Å². The number of furan rings is 1. The second-order valence-corrected chi connectivity index (χ2v) is 10.3. The number of allylic oxidation sites excluding steroid dienone is 4. The second kappa shape index (κ2) is 10.6. The predicted octanol–water partition coefficient (Wildman–Crippen LogP) is 8.00. The molecule has 0 saturated carbocycles. The largest absolute Gasteiger partial charge is 0.492 e. The van der Waals surface area contributed by atoms with Crippen molar-refractivity contribution in [1.82, 2.24) is 0 Å². The molecule has 41 heavy (non-hydrogen) atoms. The highest BCUT2D eigenvalue weighted by Gasteiger charge is 2.23. The maximum Gasteiger partial charge on any atom is 0.492 e. The Morgan fingerprint density at radius 1 is 0.634 bits per heavy atom. The van der Waals surface area contributed by atoms with Gasteiger partial charge in [-0.1, -0.05) is 109 Å². The lowest BCUT2D eigenvalue weighted by atomic mass is 9.79. The topological polar surface area (TPSA) is 56.8 Å². The van der Waals surface area contributed by atoms with E-state index in [0.29, 0.717) is 22.5 Å². The monoisotopic (exact) mass is 533 g/mol. The van der Waals surface area contributed by atoms with E-state index in [0.717, 1.165) is 39.8 Å². The van der Waals surface area contributed by atoms with Crippen LogP contribution in [0, 0.1) is 0 Å². The fourth-order valence-corrected chi connectivity index (χ4v) is 5.77. The number of para-hydroxylation sites is 2. The number of hydrogen-bond donors (Lipinski definition) is 2. The molecule has 6 aromatic rings. The van der Waals surface area contributed by atoms with Crippen LogP contribution in [0.4, 0.5) is 17.1 Å². The van der Waals surface area contributed by atoms with Gasteiger partial charge in [0.25, 0.3) is 0 Å². The van der Waals surface area contributed by atoms with Gasteiger partial charge in [-0.2, -0.15) is 0 Å². The van der Waals surface area contributed by atoms with Gasteiger partial charge in [0.15, 0.2) is 5.58 Å². The first-order valence-corrected chi connectivity index (χ1v) is 13.9. The minimum absolute atomic E-state index is 0.349. The molecular formula is C36H28BNO3. The van der Waals surface area contributed by atoms with Gasteiger partial charge in [-0.05, 0) is 53.4 Å². The Morgan fingerprint density at radius 2 is 1.29 bits per heavy atom. The standard InChI is InChI=1S/C36H28BNO3/c39-37(40)33-15-7-13-31-32-14-8-16-34(36(32)41-35(31)33)38(29-21-17-27(18-22-29)25-9-3-1-4-10-25)30-23-19-28(20-24-30)26-11-5-2-6-12-26/h1-11,13-24,26,39-40H,12H2. The van der Waals surface area contributed by atoms with Crippen molar-refractivity contribution in [3.8, 4) is 11.1 Å². The molecule has 5 heteroatoms. The summed E-state index contributed by atoms with van der Waals surface area (Å²) in [5, 5.41) is 21.8. The molecule has 4 nitrogen and oxygen atoms in total. The lowest BCUT2D eigenvalue weighted by Gasteiger charge is -2.26. The van der Waals surface area contributed by atoms with Crippen LogP contribution in [-0.4, -0.2) is 17.2 Å². The van der Waals surface area contributed by atoms with Crippen LogP contribution in [0.2, 0.25) is 0 Å². The van der Waals surface area contributed by atoms with Gasteiger partial charge in [-0.3, -0.25) is 0 Å². The summed E-state index contributed by atoms with van der Waals surface area (Å²) >= 11 is 0. The van der Waals surface area contributed by atoms with E-state index in [-0.39, 0.29) is 0 Å². The SMILES string of the molecule is OB(O)c1cccc2c1oc1c(N(c3ccc(-c4ccccc4)cc3)c3ccc(C4C=CC=CC4)cc3)cccc12. The summed E-state index contributed by atoms with van der Waals surface area (Å²) in [5.74, 6) is 0.370. The van der Waals surface area contributed by atoms with Crippen LogP contribution in [0.1, 0.15) is 17.9 Å². The first-order valence-electron chi connectivity index (χ1n) is 13.9. The van der Waals surface area contributed by atoms with E-state index in [9.17, 15) is 10.0 Å². The van der Waals surface area contributed by atoms with Gasteiger partial charge < -0.3 is 19.4 Å². The average molecular weight is 533 g/mol. The first-order chi connectivity index (χ1) is 20.2. The van der Waals surface area contributed by atoms with Crippen LogP contribution in [0.3, 0.4) is 0 Å². The molecule has 0 saturated heterocycles. The molecule has 2 N–H and O–H groups in total. The first kappa shape index (κ1) is 25.2. The molecule has 0 aliphatic heterocycles. The van der Waals surface area contributed by atoms with Crippen molar-refractivity contribution < 1.29 is 14.5 Å². The van der Waals surface area contributed by atoms with E-state index in [2.05, 4.69) is 89.9 Å². The van der Waals surface area contributed by atoms with Crippen LogP contribution in [0.5, 0.6) is 0 Å². The minimum Gasteiger partial charge on any atom is -0.454 e. The minimum atomic E-state index is -1.62. The van der Waals surface area contributed by atoms with Crippen LogP contribution in [0.15, 0.2) is 144 Å². The van der Waals surface area contributed by atoms with Crippen molar-refractivity contribution in [2.75, 3.05) is 4.90 Å². The van der Waals surface area contributed by atoms with Crippen molar-refractivity contribution >= 4 is 51.6 Å². The maximum absolute atomic E-state index is 10.0. The molecule has 1 unspecified atom stereocenters. The number of nitrogens with zero attached hydrogens (tertiary/aromatic N) is 1. The average Bonchev–Trinajstić information content (AvgIpc) is 3.42. The Balaban J connectivity index is 1.39. The highest BCUT2D eigenvalue weighted by Crippen LogP contribution is 2.42. The van der Waals surface area contributed by atoms with Crippen LogP contribution >= 0.6 is 0 Å². The molecule has 0 fully saturated rings. The Morgan fingerprint density at radius 3 is 1.98 bits per heavy atom. The Kier molecular flexibility index (Phi) is 6.52. The number of benzene rings is 5. The highest BCUT2D eigenvalue weighted by molar-refractivity contribution is 6.61. The summed E-state index contributed by atoms with van der Waals surface area (Å²) in [6.07, 6.45) is 9.66. The molecule has 198 valence electrons. The molecule has 5 aromatic carbocycles. The molecule has 0 amide bonds. The lowest BCUT2D eigenvalue weighted by Crippen LogP contribution is -2.29. The number of fused-ring (bicyclic) bond motifs is 3.